The van der Waals surface area contributed by atoms with Gasteiger partial charge < -0.3 is 98.2 Å². The van der Waals surface area contributed by atoms with E-state index in [9.17, 15) is 40.5 Å². The van der Waals surface area contributed by atoms with Crippen LogP contribution in [0.1, 0.15) is 145 Å². The number of halogens is 2. The molecule has 0 saturated heterocycles. The highest BCUT2D eigenvalue weighted by atomic mass is 35.5. The van der Waals surface area contributed by atoms with Gasteiger partial charge in [-0.2, -0.15) is 0 Å². The maximum Gasteiger partial charge on any atom is 0.248 e. The number of nitrogens with one attached hydrogen (secondary N) is 8. The molecule has 0 fully saturated rings. The van der Waals surface area contributed by atoms with E-state index in [4.69, 9.17) is 43.1 Å². The lowest BCUT2D eigenvalue weighted by molar-refractivity contribution is -0.137. The van der Waals surface area contributed by atoms with Crippen LogP contribution in [0.2, 0.25) is 10.0 Å². The first-order valence-electron chi connectivity index (χ1n) is 33.8. The molecule has 540 valence electrons. The molecule has 8 atom stereocenters. The zero-order valence-electron chi connectivity index (χ0n) is 55.9. The molecule has 6 aliphatic rings. The quantitative estimate of drug-likeness (QED) is 0.0450. The number of aromatic hydroxyl groups is 6. The first-order chi connectivity index (χ1) is 50.0. The number of phenols is 6. The summed E-state index contributed by atoms with van der Waals surface area (Å²) in [4.78, 5) is 108. The summed E-state index contributed by atoms with van der Waals surface area (Å²) in [7, 11) is 0. The molecule has 8 aromatic carbocycles. The molecule has 26 nitrogen and oxygen atoms in total. The second-order valence-electron chi connectivity index (χ2n) is 25.9. The number of unbranched alkanes of at least 4 members (excludes halogenated alkanes) is 7. The number of rotatable bonds is 14. The van der Waals surface area contributed by atoms with E-state index in [1.54, 1.807) is 30.3 Å². The second kappa shape index (κ2) is 31.5. The number of fused-ring (bicyclic) bond motifs is 14. The van der Waals surface area contributed by atoms with Crippen molar-refractivity contribution in [2.45, 2.75) is 126 Å². The summed E-state index contributed by atoms with van der Waals surface area (Å²) in [6.45, 7) is 2.33. The lowest BCUT2D eigenvalue weighted by atomic mass is 9.87. The maximum absolute atomic E-state index is 16.1. The van der Waals surface area contributed by atoms with Crippen molar-refractivity contribution in [3.8, 4) is 80.1 Å². The number of amides is 7. The summed E-state index contributed by atoms with van der Waals surface area (Å²) < 4.78 is 18.7. The van der Waals surface area contributed by atoms with Crippen molar-refractivity contribution in [3.05, 3.63) is 200 Å². The van der Waals surface area contributed by atoms with Crippen LogP contribution >= 0.6 is 23.2 Å². The van der Waals surface area contributed by atoms with Gasteiger partial charge in [0.25, 0.3) is 0 Å². The third kappa shape index (κ3) is 16.0. The monoisotopic (exact) mass is 1460 g/mol. The number of carbonyl (C=O) groups is 7. The summed E-state index contributed by atoms with van der Waals surface area (Å²) >= 11 is 14.0. The van der Waals surface area contributed by atoms with E-state index in [2.05, 4.69) is 49.5 Å². The van der Waals surface area contributed by atoms with Crippen molar-refractivity contribution in [1.82, 2.24) is 42.5 Å². The Labute approximate surface area is 605 Å². The minimum atomic E-state index is -2.17. The highest BCUT2D eigenvalue weighted by Gasteiger charge is 2.42. The predicted molar refractivity (Wildman–Crippen MR) is 380 cm³/mol. The van der Waals surface area contributed by atoms with Crippen molar-refractivity contribution in [2.24, 2.45) is 5.73 Å². The normalized spacial score (nSPS) is 20.1. The topological polar surface area (TPSA) is 411 Å². The number of phenolic OH excluding ortho intramolecular Hbond substituents is 6. The van der Waals surface area contributed by atoms with Gasteiger partial charge in [-0.3, -0.25) is 33.6 Å². The third-order valence-electron chi connectivity index (χ3n) is 18.6. The molecule has 0 aromatic heterocycles. The van der Waals surface area contributed by atoms with E-state index >= 15 is 28.8 Å². The van der Waals surface area contributed by atoms with Crippen LogP contribution < -0.4 is 62.5 Å². The Morgan fingerprint density at radius 3 is 1.82 bits per heavy atom. The average molecular weight is 1460 g/mol. The van der Waals surface area contributed by atoms with Crippen LogP contribution in [-0.2, 0) is 53.1 Å². The Balaban J connectivity index is 1.03. The molecule has 6 heterocycles. The Morgan fingerprint density at radius 1 is 0.519 bits per heavy atom. The number of aliphatic hydroxyl groups is 1. The second-order valence-corrected chi connectivity index (χ2v) is 26.7. The van der Waals surface area contributed by atoms with Crippen LogP contribution in [-0.4, -0.2) is 95.7 Å². The zero-order valence-corrected chi connectivity index (χ0v) is 57.4. The molecule has 0 spiro atoms. The number of nitrogens with two attached hydrogens (primary N) is 1. The fourth-order valence-corrected chi connectivity index (χ4v) is 13.4. The molecule has 1 unspecified atom stereocenters. The predicted octanol–water partition coefficient (Wildman–Crippen LogP) is 9.45. The van der Waals surface area contributed by atoms with E-state index in [-0.39, 0.29) is 103 Å². The van der Waals surface area contributed by atoms with Gasteiger partial charge in [-0.25, -0.2) is 0 Å². The molecule has 7 amide bonds. The largest absolute Gasteiger partial charge is 0.508 e. The number of ether oxygens (including phenoxy) is 3. The van der Waals surface area contributed by atoms with Gasteiger partial charge in [0.1, 0.15) is 88.6 Å². The highest BCUT2D eigenvalue weighted by Crippen LogP contribution is 2.49. The highest BCUT2D eigenvalue weighted by molar-refractivity contribution is 6.32. The van der Waals surface area contributed by atoms with E-state index in [0.717, 1.165) is 87.8 Å². The van der Waals surface area contributed by atoms with E-state index in [0.29, 0.717) is 17.7 Å². The van der Waals surface area contributed by atoms with Crippen LogP contribution in [0.4, 0.5) is 0 Å². The first-order valence-corrected chi connectivity index (χ1v) is 34.6. The SMILES string of the molecule is CCCCCCCCCCNCc1c(O)cc2c(c1O)-c1cc(ccc1O)[C@@H]1NC(=O)[C@H]3NC(=O)[C@H]4NC(=O)[C@H](Cc5ccc(c(Cl)c5)Oc5cc3cc(c5O)Oc3ccc(cc3Cl)C(O)[C@H](NC1=O)C(=O)N[C@@H]2C(=O)NCc1ccccc1)NC(=O)[C@@H](N)c1ccc(O)c(c1)Oc1cc(O)cc4c1. The zero-order chi connectivity index (χ0) is 73.6. The lowest BCUT2D eigenvalue weighted by Crippen LogP contribution is -2.56. The number of benzene rings is 8. The van der Waals surface area contributed by atoms with Crippen molar-refractivity contribution in [2.75, 3.05) is 6.54 Å². The van der Waals surface area contributed by atoms with Crippen molar-refractivity contribution in [3.63, 3.8) is 0 Å². The fraction of sp³-hybridized carbons (Fsp3) is 0.276. The molecule has 17 bridgehead atoms. The molecule has 0 radical (unpaired) electrons. The van der Waals surface area contributed by atoms with Gasteiger partial charge >= 0.3 is 0 Å². The number of carbonyl (C=O) groups excluding carboxylic acids is 7. The van der Waals surface area contributed by atoms with Gasteiger partial charge in [-0.15, -0.1) is 0 Å². The molecule has 17 N–H and O–H groups in total. The van der Waals surface area contributed by atoms with Gasteiger partial charge in [0, 0.05) is 36.7 Å². The Hall–Kier alpha value is -11.3. The number of aliphatic hydroxyl groups excluding tert-OH is 1. The maximum atomic E-state index is 16.1. The summed E-state index contributed by atoms with van der Waals surface area (Å²) in [5.41, 5.74) is 5.63. The van der Waals surface area contributed by atoms with Crippen LogP contribution in [0.3, 0.4) is 0 Å². The molecule has 8 aromatic rings. The number of hydrogen-bond acceptors (Lipinski definition) is 19. The Kier molecular flexibility index (Phi) is 22.0. The van der Waals surface area contributed by atoms with Crippen molar-refractivity contribution < 1.29 is 83.5 Å². The van der Waals surface area contributed by atoms with E-state index in [1.165, 1.54) is 72.8 Å². The molecule has 104 heavy (non-hydrogen) atoms. The smallest absolute Gasteiger partial charge is 0.248 e. The van der Waals surface area contributed by atoms with Crippen molar-refractivity contribution in [1.29, 1.82) is 0 Å². The van der Waals surface area contributed by atoms with Gasteiger partial charge in [-0.05, 0) is 136 Å². The van der Waals surface area contributed by atoms with Crippen LogP contribution in [0, 0.1) is 0 Å². The Bertz CT molecular complexity index is 4680. The molecular weight excluding hydrogens is 1380 g/mol. The minimum absolute atomic E-state index is 0.0973. The first kappa shape index (κ1) is 72.5. The molecule has 0 saturated carbocycles. The Morgan fingerprint density at radius 2 is 1.12 bits per heavy atom. The minimum Gasteiger partial charge on any atom is -0.508 e. The van der Waals surface area contributed by atoms with Gasteiger partial charge in [0.05, 0.1) is 15.6 Å². The van der Waals surface area contributed by atoms with Crippen molar-refractivity contribution >= 4 is 64.6 Å². The molecule has 28 heteroatoms. The summed E-state index contributed by atoms with van der Waals surface area (Å²) in [6, 6.07) is 17.4. The summed E-state index contributed by atoms with van der Waals surface area (Å²) in [6.07, 6.45) is 5.82. The molecule has 0 aliphatic carbocycles. The van der Waals surface area contributed by atoms with Crippen LogP contribution in [0.15, 0.2) is 140 Å². The fourth-order valence-electron chi connectivity index (χ4n) is 13.0. The molecular formula is C76H75Cl2N9O17. The number of hydrogen-bond donors (Lipinski definition) is 16. The van der Waals surface area contributed by atoms with Crippen LogP contribution in [0.5, 0.6) is 69.0 Å². The van der Waals surface area contributed by atoms with Gasteiger partial charge in [0.2, 0.25) is 47.1 Å². The summed E-state index contributed by atoms with van der Waals surface area (Å²) in [5.74, 6) is -13.3. The van der Waals surface area contributed by atoms with Gasteiger partial charge in [0.15, 0.2) is 23.0 Å². The van der Waals surface area contributed by atoms with E-state index in [1.807, 2.05) is 0 Å². The lowest BCUT2D eigenvalue weighted by Gasteiger charge is -2.32. The molecule has 14 rings (SSSR count). The summed E-state index contributed by atoms with van der Waals surface area (Å²) in [5, 5.41) is 106. The standard InChI is InChI=1S/C76H75Cl2N9O17/c1-2-3-4-5-6-7-8-12-23-80-36-48-54(91)34-47-60(68(48)93)46-28-40(17-19-52(46)89)62-73(98)87-66(76(101)86-65(47)72(97)81-35-37-13-10-9-11-14-37)67(92)41-18-22-56(50(78)29-41)104-59-32-43-31-58(69(59)94)103-55-21-15-38(24-49(55)77)25-51-70(95)83-63(74(99)85-64(43)75(100)84-62)42-26-44(88)33-45(27-42)102-57-30-39(16-20-53(57)90)61(79)71(96)82-51/h9-11,13-22,24,26-34,51,61-67,80,88-94H,2-8,12,23,25,35-36,79H2,1H3,(H,81,97)(H,82,96)(H,83,95)(H,84,100)(H,85,99)(H,86,101)(H,87,98)/t51-,61-,62-,63-,64-,65-,66-,67?/m0/s1. The third-order valence-corrected chi connectivity index (χ3v) is 19.1. The average Bonchev–Trinajstić information content (AvgIpc) is 0.750. The molecule has 6 aliphatic heterocycles. The van der Waals surface area contributed by atoms with Gasteiger partial charge in [-0.1, -0.05) is 130 Å². The van der Waals surface area contributed by atoms with E-state index < -0.39 is 136 Å². The van der Waals surface area contributed by atoms with Crippen LogP contribution in [0.25, 0.3) is 11.1 Å².